The van der Waals surface area contributed by atoms with Crippen molar-refractivity contribution in [2.75, 3.05) is 31.5 Å². The normalized spacial score (nSPS) is 27.8. The van der Waals surface area contributed by atoms with Crippen molar-refractivity contribution in [2.45, 2.75) is 37.5 Å². The van der Waals surface area contributed by atoms with Crippen LogP contribution in [0, 0.1) is 17.8 Å². The quantitative estimate of drug-likeness (QED) is 0.829. The summed E-state index contributed by atoms with van der Waals surface area (Å²) in [7, 11) is -3.60. The molecule has 1 N–H and O–H groups in total. The van der Waals surface area contributed by atoms with Crippen LogP contribution in [0.1, 0.15) is 32.6 Å². The third kappa shape index (κ3) is 3.67. The molecule has 2 unspecified atom stereocenters. The van der Waals surface area contributed by atoms with Crippen LogP contribution in [-0.2, 0) is 19.6 Å². The first kappa shape index (κ1) is 19.4. The highest BCUT2D eigenvalue weighted by molar-refractivity contribution is 7.89. The number of piperazine rings is 1. The van der Waals surface area contributed by atoms with Gasteiger partial charge in [0.2, 0.25) is 21.8 Å². The van der Waals surface area contributed by atoms with Crippen molar-refractivity contribution in [3.05, 3.63) is 24.3 Å². The van der Waals surface area contributed by atoms with Crippen molar-refractivity contribution in [2.24, 2.45) is 17.8 Å². The largest absolute Gasteiger partial charge is 0.340 e. The third-order valence-corrected chi connectivity index (χ3v) is 8.22. The minimum Gasteiger partial charge on any atom is -0.340 e. The maximum absolute atomic E-state index is 12.9. The highest BCUT2D eigenvalue weighted by atomic mass is 32.2. The van der Waals surface area contributed by atoms with E-state index in [0.717, 1.165) is 0 Å². The molecule has 2 saturated carbocycles. The van der Waals surface area contributed by atoms with Crippen LogP contribution in [0.3, 0.4) is 0 Å². The van der Waals surface area contributed by atoms with E-state index in [9.17, 15) is 18.0 Å². The van der Waals surface area contributed by atoms with E-state index in [1.54, 1.807) is 12.1 Å². The number of sulfonamides is 1. The van der Waals surface area contributed by atoms with E-state index in [0.29, 0.717) is 43.7 Å². The van der Waals surface area contributed by atoms with Gasteiger partial charge in [-0.3, -0.25) is 9.59 Å². The maximum Gasteiger partial charge on any atom is 0.243 e. The third-order valence-electron chi connectivity index (χ3n) is 6.30. The molecule has 1 aromatic carbocycles. The number of nitrogens with zero attached hydrogens (tertiary/aromatic N) is 2. The molecule has 1 aromatic rings. The smallest absolute Gasteiger partial charge is 0.243 e. The van der Waals surface area contributed by atoms with E-state index in [1.807, 2.05) is 4.90 Å². The first-order valence-corrected chi connectivity index (χ1v) is 11.5. The van der Waals surface area contributed by atoms with Gasteiger partial charge in [0.05, 0.1) is 4.90 Å². The predicted octanol–water partition coefficient (Wildman–Crippen LogP) is 1.91. The summed E-state index contributed by atoms with van der Waals surface area (Å²) in [6.07, 6.45) is 4.81. The van der Waals surface area contributed by atoms with Gasteiger partial charge in [-0.05, 0) is 48.9 Å². The number of hydrogen-bond acceptors (Lipinski definition) is 4. The standard InChI is InChI=1S/C20H27N3O4S/c1-14(24)21-15-6-8-16(9-7-15)28(26,27)23-12-10-22(11-13-23)20(25)19-17-4-2-3-5-18(17)19/h6-9,17-19H,2-5,10-13H2,1H3,(H,21,24). The van der Waals surface area contributed by atoms with Crippen molar-refractivity contribution >= 4 is 27.5 Å². The number of carbonyl (C=O) groups is 2. The van der Waals surface area contributed by atoms with Crippen molar-refractivity contribution in [1.29, 1.82) is 0 Å². The van der Waals surface area contributed by atoms with Crippen LogP contribution < -0.4 is 5.32 Å². The minimum atomic E-state index is -3.60. The highest BCUT2D eigenvalue weighted by Gasteiger charge is 2.55. The fourth-order valence-electron chi connectivity index (χ4n) is 4.78. The Kier molecular flexibility index (Phi) is 5.18. The van der Waals surface area contributed by atoms with Crippen LogP contribution in [0.2, 0.25) is 0 Å². The Bertz CT molecular complexity index is 848. The molecule has 0 aromatic heterocycles. The monoisotopic (exact) mass is 405 g/mol. The van der Waals surface area contributed by atoms with E-state index in [2.05, 4.69) is 5.32 Å². The molecule has 28 heavy (non-hydrogen) atoms. The average molecular weight is 406 g/mol. The molecule has 2 atom stereocenters. The van der Waals surface area contributed by atoms with Gasteiger partial charge < -0.3 is 10.2 Å². The first-order chi connectivity index (χ1) is 13.4. The molecule has 8 heteroatoms. The number of rotatable bonds is 4. The van der Waals surface area contributed by atoms with Gasteiger partial charge in [0.1, 0.15) is 0 Å². The van der Waals surface area contributed by atoms with E-state index in [4.69, 9.17) is 0 Å². The van der Waals surface area contributed by atoms with Crippen LogP contribution >= 0.6 is 0 Å². The summed E-state index contributed by atoms with van der Waals surface area (Å²) in [5.41, 5.74) is 0.563. The Morgan fingerprint density at radius 2 is 1.54 bits per heavy atom. The van der Waals surface area contributed by atoms with Crippen LogP contribution in [-0.4, -0.2) is 55.6 Å². The zero-order valence-electron chi connectivity index (χ0n) is 16.1. The van der Waals surface area contributed by atoms with E-state index < -0.39 is 10.0 Å². The molecule has 1 saturated heterocycles. The number of fused-ring (bicyclic) bond motifs is 1. The van der Waals surface area contributed by atoms with Gasteiger partial charge in [0, 0.05) is 44.7 Å². The molecular formula is C20H27N3O4S. The van der Waals surface area contributed by atoms with Crippen molar-refractivity contribution in [3.63, 3.8) is 0 Å². The van der Waals surface area contributed by atoms with Crippen LogP contribution in [0.25, 0.3) is 0 Å². The van der Waals surface area contributed by atoms with Crippen LogP contribution in [0.4, 0.5) is 5.69 Å². The molecule has 3 aliphatic rings. The van der Waals surface area contributed by atoms with E-state index in [-0.39, 0.29) is 22.6 Å². The van der Waals surface area contributed by atoms with Gasteiger partial charge >= 0.3 is 0 Å². The number of amides is 2. The topological polar surface area (TPSA) is 86.8 Å². The van der Waals surface area contributed by atoms with Gasteiger partial charge in [-0.1, -0.05) is 12.8 Å². The molecule has 7 nitrogen and oxygen atoms in total. The Morgan fingerprint density at radius 1 is 0.964 bits per heavy atom. The van der Waals surface area contributed by atoms with Crippen molar-refractivity contribution < 1.29 is 18.0 Å². The summed E-state index contributed by atoms with van der Waals surface area (Å²) in [4.78, 5) is 26.0. The summed E-state index contributed by atoms with van der Waals surface area (Å²) in [6.45, 7) is 2.96. The van der Waals surface area contributed by atoms with Crippen LogP contribution in [0.15, 0.2) is 29.2 Å². The molecule has 3 fully saturated rings. The van der Waals surface area contributed by atoms with Gasteiger partial charge in [-0.2, -0.15) is 4.31 Å². The second kappa shape index (κ2) is 7.48. The van der Waals surface area contributed by atoms with Gasteiger partial charge in [0.15, 0.2) is 0 Å². The zero-order valence-corrected chi connectivity index (χ0v) is 17.0. The van der Waals surface area contributed by atoms with Gasteiger partial charge in [-0.25, -0.2) is 8.42 Å². The lowest BCUT2D eigenvalue weighted by Gasteiger charge is -2.34. The summed E-state index contributed by atoms with van der Waals surface area (Å²) in [6, 6.07) is 6.19. The molecular weight excluding hydrogens is 378 g/mol. The number of hydrogen-bond donors (Lipinski definition) is 1. The highest BCUT2D eigenvalue weighted by Crippen LogP contribution is 2.56. The Morgan fingerprint density at radius 3 is 2.07 bits per heavy atom. The Hall–Kier alpha value is -1.93. The number of anilines is 1. The first-order valence-electron chi connectivity index (χ1n) is 10.0. The van der Waals surface area contributed by atoms with Crippen LogP contribution in [0.5, 0.6) is 0 Å². The average Bonchev–Trinajstić information content (AvgIpc) is 3.42. The lowest BCUT2D eigenvalue weighted by molar-refractivity contribution is -0.134. The second-order valence-corrected chi connectivity index (χ2v) is 10.0. The number of nitrogens with one attached hydrogen (secondary N) is 1. The molecule has 2 aliphatic carbocycles. The molecule has 1 aliphatic heterocycles. The summed E-state index contributed by atoms with van der Waals surface area (Å²) < 4.78 is 27.2. The summed E-state index contributed by atoms with van der Waals surface area (Å²) >= 11 is 0. The van der Waals surface area contributed by atoms with E-state index in [1.165, 1.54) is 49.0 Å². The minimum absolute atomic E-state index is 0.187. The summed E-state index contributed by atoms with van der Waals surface area (Å²) in [5.74, 6) is 1.36. The molecule has 0 spiro atoms. The fourth-order valence-corrected chi connectivity index (χ4v) is 6.20. The fraction of sp³-hybridized carbons (Fsp3) is 0.600. The van der Waals surface area contributed by atoms with E-state index >= 15 is 0 Å². The lowest BCUT2D eigenvalue weighted by Crippen LogP contribution is -2.51. The Balaban J connectivity index is 1.36. The second-order valence-electron chi connectivity index (χ2n) is 8.07. The molecule has 2 amide bonds. The van der Waals surface area contributed by atoms with Crippen molar-refractivity contribution in [1.82, 2.24) is 9.21 Å². The number of benzene rings is 1. The zero-order chi connectivity index (χ0) is 19.9. The Labute approximate surface area is 166 Å². The molecule has 0 bridgehead atoms. The lowest BCUT2D eigenvalue weighted by atomic mass is 10.0. The maximum atomic E-state index is 12.9. The van der Waals surface area contributed by atoms with Gasteiger partial charge in [-0.15, -0.1) is 0 Å². The van der Waals surface area contributed by atoms with Crippen molar-refractivity contribution in [3.8, 4) is 0 Å². The molecule has 1 heterocycles. The molecule has 0 radical (unpaired) electrons. The number of carbonyl (C=O) groups excluding carboxylic acids is 2. The van der Waals surface area contributed by atoms with Gasteiger partial charge in [0.25, 0.3) is 0 Å². The SMILES string of the molecule is CC(=O)Nc1ccc(S(=O)(=O)N2CCN(C(=O)C3C4CCCCC43)CC2)cc1. The molecule has 152 valence electrons. The summed E-state index contributed by atoms with van der Waals surface area (Å²) in [5, 5.41) is 2.63. The predicted molar refractivity (Wildman–Crippen MR) is 105 cm³/mol. The molecule has 4 rings (SSSR count).